The van der Waals surface area contributed by atoms with Gasteiger partial charge in [0.1, 0.15) is 23.7 Å². The third-order valence-corrected chi connectivity index (χ3v) is 15.8. The van der Waals surface area contributed by atoms with Crippen LogP contribution in [0.25, 0.3) is 22.2 Å². The normalized spacial score (nSPS) is 23.1. The number of pyridine rings is 1. The Kier molecular flexibility index (Phi) is 12.0. The van der Waals surface area contributed by atoms with Crippen molar-refractivity contribution in [3.63, 3.8) is 0 Å². The van der Waals surface area contributed by atoms with Gasteiger partial charge >= 0.3 is 10.2 Å². The number of aromatic amines is 1. The molecular weight excluding hydrogens is 900 g/mol. The number of aromatic nitrogens is 2. The second kappa shape index (κ2) is 18.0. The largest absolute Gasteiger partial charge is 0.372 e. The fourth-order valence-corrected chi connectivity index (χ4v) is 12.1. The molecule has 3 N–H and O–H groups in total. The summed E-state index contributed by atoms with van der Waals surface area (Å²) in [6.07, 6.45) is 4.29. The summed E-state index contributed by atoms with van der Waals surface area (Å²) >= 11 is 0. The maximum Gasteiger partial charge on any atom is 0.301 e. The number of H-pyrrole nitrogens is 1. The number of piperidine rings is 2. The van der Waals surface area contributed by atoms with Crippen molar-refractivity contribution in [2.24, 2.45) is 5.92 Å². The minimum Gasteiger partial charge on any atom is -0.372 e. The first kappa shape index (κ1) is 45.5. The Balaban J connectivity index is 0.755. The van der Waals surface area contributed by atoms with Crippen LogP contribution in [0.3, 0.4) is 0 Å². The molecule has 0 bridgehead atoms. The average molecular weight is 952 g/mol. The van der Waals surface area contributed by atoms with Crippen molar-refractivity contribution in [1.29, 1.82) is 0 Å². The van der Waals surface area contributed by atoms with E-state index in [1.165, 1.54) is 6.20 Å². The van der Waals surface area contributed by atoms with Crippen molar-refractivity contribution in [3.8, 4) is 11.1 Å². The molecule has 5 aliphatic rings. The predicted molar refractivity (Wildman–Crippen MR) is 250 cm³/mol. The monoisotopic (exact) mass is 951 g/mol. The first-order valence-corrected chi connectivity index (χ1v) is 24.6. The molecule has 10 rings (SSSR count). The lowest BCUT2D eigenvalue weighted by atomic mass is 9.94. The number of imide groups is 1. The average Bonchev–Trinajstić information content (AvgIpc) is 4.04. The Morgan fingerprint density at radius 3 is 2.31 bits per heavy atom. The summed E-state index contributed by atoms with van der Waals surface area (Å²) in [5, 5.41) is 2.70. The number of carbonyl (C=O) groups is 4. The second-order valence-corrected chi connectivity index (χ2v) is 20.5. The second-order valence-electron chi connectivity index (χ2n) is 18.8. The molecule has 2 aromatic heterocycles. The van der Waals surface area contributed by atoms with Crippen LogP contribution in [0.5, 0.6) is 0 Å². The lowest BCUT2D eigenvalue weighted by Gasteiger charge is -2.47. The fraction of sp³-hybridized carbons (Fsp3) is 0.408. The molecule has 4 saturated heterocycles. The molecule has 5 aliphatic heterocycles. The van der Waals surface area contributed by atoms with Gasteiger partial charge < -0.3 is 19.7 Å². The van der Waals surface area contributed by atoms with Gasteiger partial charge in [0, 0.05) is 117 Å². The zero-order chi connectivity index (χ0) is 47.6. The number of carbonyl (C=O) groups excluding carboxylic acids is 4. The van der Waals surface area contributed by atoms with Crippen LogP contribution >= 0.6 is 0 Å². The minimum atomic E-state index is -4.36. The van der Waals surface area contributed by atoms with Crippen LogP contribution in [0.2, 0.25) is 0 Å². The van der Waals surface area contributed by atoms with E-state index in [4.69, 9.17) is 0 Å². The van der Waals surface area contributed by atoms with E-state index in [0.717, 1.165) is 84.5 Å². The van der Waals surface area contributed by atoms with Gasteiger partial charge in [-0.2, -0.15) is 12.7 Å². The molecule has 15 nitrogen and oxygen atoms in total. The molecule has 3 aromatic carbocycles. The molecule has 5 aromatic rings. The highest BCUT2D eigenvalue weighted by atomic mass is 32.2. The number of halogens is 3. The first-order chi connectivity index (χ1) is 32.6. The Bertz CT molecular complexity index is 2930. The molecule has 19 heteroatoms. The van der Waals surface area contributed by atoms with E-state index < -0.39 is 57.0 Å². The SMILES string of the molecule is C[C@@H]1CN(CC2CCN(c3ccc4c(c3)CN(C3CCC(=O)NC3=O)C4=O)CC2)C[C@H](C)N1c1ccc(-c2cnc3[nH]cc(C(=O)c4c(F)ccc(NS(=O)(=O)N5CC[C@@H](F)C5)c4F)c3c2)cc1. The number of fused-ring (bicyclic) bond motifs is 2. The highest BCUT2D eigenvalue weighted by Crippen LogP contribution is 2.35. The van der Waals surface area contributed by atoms with Crippen molar-refractivity contribution < 1.29 is 40.8 Å². The third-order valence-electron chi connectivity index (χ3n) is 14.3. The quantitative estimate of drug-likeness (QED) is 0.105. The van der Waals surface area contributed by atoms with E-state index in [2.05, 4.69) is 62.0 Å². The number of benzene rings is 3. The molecule has 356 valence electrons. The molecule has 0 spiro atoms. The summed E-state index contributed by atoms with van der Waals surface area (Å²) < 4.78 is 73.3. The van der Waals surface area contributed by atoms with E-state index in [9.17, 15) is 32.0 Å². The lowest BCUT2D eigenvalue weighted by Crippen LogP contribution is -2.58. The van der Waals surface area contributed by atoms with Gasteiger partial charge in [-0.3, -0.25) is 34.1 Å². The van der Waals surface area contributed by atoms with Gasteiger partial charge in [-0.05, 0) is 105 Å². The molecule has 0 saturated carbocycles. The number of hydrogen-bond donors (Lipinski definition) is 3. The zero-order valence-corrected chi connectivity index (χ0v) is 38.5. The maximum absolute atomic E-state index is 15.8. The van der Waals surface area contributed by atoms with E-state index in [1.54, 1.807) is 17.2 Å². The highest BCUT2D eigenvalue weighted by molar-refractivity contribution is 7.90. The van der Waals surface area contributed by atoms with E-state index in [0.29, 0.717) is 41.0 Å². The van der Waals surface area contributed by atoms with Gasteiger partial charge in [0.15, 0.2) is 5.82 Å². The van der Waals surface area contributed by atoms with Gasteiger partial charge in [0.05, 0.1) is 11.3 Å². The molecule has 3 amide bonds. The number of alkyl halides is 1. The van der Waals surface area contributed by atoms with Crippen LogP contribution in [0.1, 0.15) is 77.8 Å². The predicted octanol–water partition coefficient (Wildman–Crippen LogP) is 6.02. The van der Waals surface area contributed by atoms with Crippen LogP contribution in [0.15, 0.2) is 73.1 Å². The maximum atomic E-state index is 15.8. The van der Waals surface area contributed by atoms with Crippen molar-refractivity contribution in [2.75, 3.05) is 60.3 Å². The number of nitrogens with one attached hydrogen (secondary N) is 3. The van der Waals surface area contributed by atoms with Gasteiger partial charge in [-0.25, -0.2) is 18.2 Å². The summed E-state index contributed by atoms with van der Waals surface area (Å²) in [5.74, 6) is -3.88. The summed E-state index contributed by atoms with van der Waals surface area (Å²) in [4.78, 5) is 67.6. The zero-order valence-electron chi connectivity index (χ0n) is 37.7. The topological polar surface area (TPSA) is 171 Å². The van der Waals surface area contributed by atoms with Gasteiger partial charge in [-0.15, -0.1) is 0 Å². The molecule has 4 fully saturated rings. The van der Waals surface area contributed by atoms with Crippen molar-refractivity contribution in [1.82, 2.24) is 29.4 Å². The van der Waals surface area contributed by atoms with Crippen LogP contribution in [-0.4, -0.2) is 126 Å². The van der Waals surface area contributed by atoms with E-state index >= 15 is 8.78 Å². The van der Waals surface area contributed by atoms with Crippen molar-refractivity contribution in [2.45, 2.75) is 76.8 Å². The van der Waals surface area contributed by atoms with Crippen LogP contribution in [0, 0.1) is 17.6 Å². The molecule has 68 heavy (non-hydrogen) atoms. The van der Waals surface area contributed by atoms with Gasteiger partial charge in [0.25, 0.3) is 5.91 Å². The Morgan fingerprint density at radius 1 is 0.868 bits per heavy atom. The van der Waals surface area contributed by atoms with Crippen molar-refractivity contribution >= 4 is 61.8 Å². The van der Waals surface area contributed by atoms with Crippen LogP contribution in [-0.2, 0) is 26.3 Å². The minimum absolute atomic E-state index is 0.00186. The third kappa shape index (κ3) is 8.59. The molecule has 0 aliphatic carbocycles. The number of piperazine rings is 1. The van der Waals surface area contributed by atoms with E-state index in [1.807, 2.05) is 29.0 Å². The smallest absolute Gasteiger partial charge is 0.301 e. The molecule has 4 atom stereocenters. The molecule has 1 unspecified atom stereocenters. The lowest BCUT2D eigenvalue weighted by molar-refractivity contribution is -0.136. The number of rotatable bonds is 11. The standard InChI is InChI=1S/C49H52F3N9O6S/c1-28-23-57(25-30-13-16-58(17-14-30)36-7-8-37-33(19-36)26-60(49(37)65)42-11-12-43(62)55-48(42)64)24-29(2)61(28)35-5-3-31(4-6-35)32-20-38-39(22-54-47(38)53-21-32)46(63)44-40(51)9-10-41(45(44)52)56-68(66,67)59-18-15-34(50)27-59/h3-10,19-22,28-30,34,42,56H,11-18,23-27H2,1-2H3,(H,53,54)(H,55,62,64)/t28-,29+,34-,42?/m1/s1. The number of anilines is 3. The molecule has 7 heterocycles. The Morgan fingerprint density at radius 2 is 1.60 bits per heavy atom. The van der Waals surface area contributed by atoms with Gasteiger partial charge in [0.2, 0.25) is 17.6 Å². The summed E-state index contributed by atoms with van der Waals surface area (Å²) in [5.41, 5.74) is 3.90. The van der Waals surface area contributed by atoms with Crippen LogP contribution < -0.4 is 19.8 Å². The number of hydrogen-bond acceptors (Lipinski definition) is 10. The molecule has 0 radical (unpaired) electrons. The highest BCUT2D eigenvalue weighted by Gasteiger charge is 2.40. The summed E-state index contributed by atoms with van der Waals surface area (Å²) in [7, 11) is -4.36. The number of nitrogens with zero attached hydrogens (tertiary/aromatic N) is 6. The van der Waals surface area contributed by atoms with Gasteiger partial charge in [-0.1, -0.05) is 12.1 Å². The number of ketones is 1. The summed E-state index contributed by atoms with van der Waals surface area (Å²) in [6.45, 7) is 9.02. The first-order valence-electron chi connectivity index (χ1n) is 23.2. The van der Waals surface area contributed by atoms with Crippen molar-refractivity contribution in [3.05, 3.63) is 107 Å². The van der Waals surface area contributed by atoms with Crippen LogP contribution in [0.4, 0.5) is 30.2 Å². The Hall–Kier alpha value is -6.31. The van der Waals surface area contributed by atoms with E-state index in [-0.39, 0.29) is 55.4 Å². The molecular formula is C49H52F3N9O6S. The fourth-order valence-electron chi connectivity index (χ4n) is 10.8. The summed E-state index contributed by atoms with van der Waals surface area (Å²) in [6, 6.07) is 17.3. The Labute approximate surface area is 391 Å². The number of amides is 3.